The molecule has 5 nitrogen and oxygen atoms in total. The third-order valence-electron chi connectivity index (χ3n) is 3.55. The van der Waals surface area contributed by atoms with Crippen molar-refractivity contribution in [2.24, 2.45) is 0 Å². The zero-order valence-electron chi connectivity index (χ0n) is 12.7. The average Bonchev–Trinajstić information content (AvgIpc) is 2.96. The highest BCUT2D eigenvalue weighted by Gasteiger charge is 2.38. The average molecular weight is 313 g/mol. The number of aryl methyl sites for hydroxylation is 1. The third kappa shape index (κ3) is 4.25. The van der Waals surface area contributed by atoms with Gasteiger partial charge in [-0.1, -0.05) is 0 Å². The Bertz CT molecular complexity index is 449. The smallest absolute Gasteiger partial charge is 0.306 e. The van der Waals surface area contributed by atoms with Gasteiger partial charge in [0.1, 0.15) is 10.6 Å². The van der Waals surface area contributed by atoms with Crippen molar-refractivity contribution in [1.29, 1.82) is 0 Å². The van der Waals surface area contributed by atoms with E-state index in [0.29, 0.717) is 39.3 Å². The first-order valence-corrected chi connectivity index (χ1v) is 8.40. The molecule has 1 aromatic heterocycles. The molecule has 0 saturated carbocycles. The van der Waals surface area contributed by atoms with Gasteiger partial charge in [0.2, 0.25) is 0 Å². The Morgan fingerprint density at radius 2 is 2.14 bits per heavy atom. The van der Waals surface area contributed by atoms with Crippen LogP contribution in [0.1, 0.15) is 43.8 Å². The minimum atomic E-state index is -0.306. The summed E-state index contributed by atoms with van der Waals surface area (Å²) in [6.45, 7) is 6.32. The van der Waals surface area contributed by atoms with Gasteiger partial charge in [0, 0.05) is 44.5 Å². The van der Waals surface area contributed by atoms with Gasteiger partial charge in [-0.05, 0) is 13.8 Å². The van der Waals surface area contributed by atoms with Gasteiger partial charge < -0.3 is 14.2 Å². The van der Waals surface area contributed by atoms with Crippen molar-refractivity contribution in [1.82, 2.24) is 4.98 Å². The molecule has 1 saturated heterocycles. The largest absolute Gasteiger partial charge is 0.466 e. The highest BCUT2D eigenvalue weighted by Crippen LogP contribution is 2.37. The Labute approximate surface area is 129 Å². The van der Waals surface area contributed by atoms with Crippen LogP contribution in [-0.4, -0.2) is 37.4 Å². The maximum absolute atomic E-state index is 11.4. The van der Waals surface area contributed by atoms with Crippen molar-refractivity contribution in [2.45, 2.75) is 45.1 Å². The van der Waals surface area contributed by atoms with Crippen molar-refractivity contribution in [2.75, 3.05) is 26.4 Å². The van der Waals surface area contributed by atoms with Gasteiger partial charge in [-0.3, -0.25) is 4.79 Å². The van der Waals surface area contributed by atoms with Gasteiger partial charge in [-0.2, -0.15) is 0 Å². The van der Waals surface area contributed by atoms with Gasteiger partial charge in [-0.25, -0.2) is 4.98 Å². The molecule has 0 radical (unpaired) electrons. The van der Waals surface area contributed by atoms with Crippen molar-refractivity contribution < 1.29 is 19.0 Å². The number of hydrogen-bond acceptors (Lipinski definition) is 6. The molecule has 6 heteroatoms. The molecular weight excluding hydrogens is 290 g/mol. The predicted octanol–water partition coefficient (Wildman–Crippen LogP) is 2.68. The van der Waals surface area contributed by atoms with E-state index in [1.54, 1.807) is 11.3 Å². The summed E-state index contributed by atoms with van der Waals surface area (Å²) in [5.41, 5.74) is 0.633. The maximum Gasteiger partial charge on any atom is 0.306 e. The molecule has 0 unspecified atom stereocenters. The first-order chi connectivity index (χ1) is 10.2. The van der Waals surface area contributed by atoms with Crippen LogP contribution in [0.4, 0.5) is 0 Å². The normalized spacial score (nSPS) is 17.6. The molecule has 1 fully saturated rings. The molecule has 0 atom stereocenters. The molecule has 0 bridgehead atoms. The number of nitrogens with zero attached hydrogens (tertiary/aromatic N) is 1. The van der Waals surface area contributed by atoms with E-state index in [9.17, 15) is 4.79 Å². The molecule has 2 heterocycles. The van der Waals surface area contributed by atoms with E-state index in [0.717, 1.165) is 23.5 Å². The zero-order valence-corrected chi connectivity index (χ0v) is 13.5. The van der Waals surface area contributed by atoms with Crippen LogP contribution in [0.2, 0.25) is 0 Å². The summed E-state index contributed by atoms with van der Waals surface area (Å²) >= 11 is 1.62. The standard InChI is InChI=1S/C15H23NO4S/c1-3-19-13(17)6-5-12-11-21-14(16-12)15(20-4-2)7-9-18-10-8-15/h11H,3-10H2,1-2H3. The summed E-state index contributed by atoms with van der Waals surface area (Å²) in [5, 5.41) is 3.02. The minimum Gasteiger partial charge on any atom is -0.466 e. The van der Waals surface area contributed by atoms with Crippen LogP contribution in [0.3, 0.4) is 0 Å². The van der Waals surface area contributed by atoms with E-state index in [2.05, 4.69) is 4.98 Å². The molecule has 21 heavy (non-hydrogen) atoms. The highest BCUT2D eigenvalue weighted by molar-refractivity contribution is 7.09. The molecule has 1 aliphatic heterocycles. The van der Waals surface area contributed by atoms with E-state index >= 15 is 0 Å². The van der Waals surface area contributed by atoms with Gasteiger partial charge in [-0.15, -0.1) is 11.3 Å². The van der Waals surface area contributed by atoms with Crippen LogP contribution in [0.15, 0.2) is 5.38 Å². The first-order valence-electron chi connectivity index (χ1n) is 7.52. The summed E-state index contributed by atoms with van der Waals surface area (Å²) in [6, 6.07) is 0. The lowest BCUT2D eigenvalue weighted by Crippen LogP contribution is -2.36. The van der Waals surface area contributed by atoms with Crippen LogP contribution in [0.25, 0.3) is 0 Å². The SMILES string of the molecule is CCOC(=O)CCc1csc(C2(OCC)CCOCC2)n1. The van der Waals surface area contributed by atoms with Gasteiger partial charge in [0.05, 0.1) is 18.7 Å². The summed E-state index contributed by atoms with van der Waals surface area (Å²) in [4.78, 5) is 16.1. The van der Waals surface area contributed by atoms with E-state index in [1.807, 2.05) is 19.2 Å². The van der Waals surface area contributed by atoms with E-state index in [-0.39, 0.29) is 11.6 Å². The molecule has 0 N–H and O–H groups in total. The Morgan fingerprint density at radius 1 is 1.38 bits per heavy atom. The van der Waals surface area contributed by atoms with Crippen LogP contribution in [0.5, 0.6) is 0 Å². The maximum atomic E-state index is 11.4. The monoisotopic (exact) mass is 313 g/mol. The van der Waals surface area contributed by atoms with Crippen LogP contribution < -0.4 is 0 Å². The second kappa shape index (κ2) is 7.87. The van der Waals surface area contributed by atoms with Gasteiger partial charge in [0.25, 0.3) is 0 Å². The van der Waals surface area contributed by atoms with Gasteiger partial charge in [0.15, 0.2) is 0 Å². The predicted molar refractivity (Wildman–Crippen MR) is 80.4 cm³/mol. The van der Waals surface area contributed by atoms with Crippen molar-refractivity contribution in [3.63, 3.8) is 0 Å². The molecule has 0 spiro atoms. The molecule has 0 amide bonds. The van der Waals surface area contributed by atoms with Crippen molar-refractivity contribution >= 4 is 17.3 Å². The fourth-order valence-corrected chi connectivity index (χ4v) is 3.56. The lowest BCUT2D eigenvalue weighted by Gasteiger charge is -2.35. The lowest BCUT2D eigenvalue weighted by atomic mass is 9.95. The fourth-order valence-electron chi connectivity index (χ4n) is 2.49. The summed E-state index contributed by atoms with van der Waals surface area (Å²) < 4.78 is 16.4. The second-order valence-electron chi connectivity index (χ2n) is 4.99. The molecule has 118 valence electrons. The highest BCUT2D eigenvalue weighted by atomic mass is 32.1. The lowest BCUT2D eigenvalue weighted by molar-refractivity contribution is -0.143. The Morgan fingerprint density at radius 3 is 2.81 bits per heavy atom. The van der Waals surface area contributed by atoms with E-state index < -0.39 is 0 Å². The molecule has 0 aromatic carbocycles. The van der Waals surface area contributed by atoms with E-state index in [4.69, 9.17) is 14.2 Å². The second-order valence-corrected chi connectivity index (χ2v) is 5.85. The summed E-state index contributed by atoms with van der Waals surface area (Å²) in [5.74, 6) is -0.169. The molecule has 2 rings (SSSR count). The number of hydrogen-bond donors (Lipinski definition) is 0. The minimum absolute atomic E-state index is 0.169. The quantitative estimate of drug-likeness (QED) is 0.724. The Kier molecular flexibility index (Phi) is 6.14. The van der Waals surface area contributed by atoms with Gasteiger partial charge >= 0.3 is 5.97 Å². The third-order valence-corrected chi connectivity index (χ3v) is 4.63. The molecule has 1 aromatic rings. The van der Waals surface area contributed by atoms with E-state index in [1.165, 1.54) is 0 Å². The number of thiazole rings is 1. The van der Waals surface area contributed by atoms with Crippen molar-refractivity contribution in [3.8, 4) is 0 Å². The Hall–Kier alpha value is -0.980. The number of ether oxygens (including phenoxy) is 3. The first kappa shape index (κ1) is 16.4. The number of rotatable bonds is 7. The molecule has 0 aliphatic carbocycles. The Balaban J connectivity index is 2.01. The number of esters is 1. The summed E-state index contributed by atoms with van der Waals surface area (Å²) in [6.07, 6.45) is 2.67. The zero-order chi connectivity index (χ0) is 15.1. The van der Waals surface area contributed by atoms with Crippen molar-refractivity contribution in [3.05, 3.63) is 16.1 Å². The number of carbonyl (C=O) groups excluding carboxylic acids is 1. The topological polar surface area (TPSA) is 57.7 Å². The van der Waals surface area contributed by atoms with Crippen LogP contribution in [0, 0.1) is 0 Å². The number of aromatic nitrogens is 1. The fraction of sp³-hybridized carbons (Fsp3) is 0.733. The summed E-state index contributed by atoms with van der Waals surface area (Å²) in [7, 11) is 0. The molecular formula is C15H23NO4S. The van der Waals surface area contributed by atoms with Crippen LogP contribution >= 0.6 is 11.3 Å². The number of carbonyl (C=O) groups is 1. The van der Waals surface area contributed by atoms with Crippen LogP contribution in [-0.2, 0) is 31.0 Å². The molecule has 1 aliphatic rings.